The Bertz CT molecular complexity index is 208. The van der Waals surface area contributed by atoms with Gasteiger partial charge in [-0.1, -0.05) is 40.0 Å². The molecule has 1 fully saturated rings. The first-order chi connectivity index (χ1) is 8.22. The summed E-state index contributed by atoms with van der Waals surface area (Å²) in [7, 11) is 0. The maximum atomic E-state index is 12.5. The zero-order valence-corrected chi connectivity index (χ0v) is 12.0. The van der Waals surface area contributed by atoms with E-state index in [9.17, 15) is 4.79 Å². The second-order valence-electron chi connectivity index (χ2n) is 5.80. The fourth-order valence-electron chi connectivity index (χ4n) is 3.31. The Hall–Kier alpha value is -0.330. The Labute approximate surface area is 107 Å². The summed E-state index contributed by atoms with van der Waals surface area (Å²) in [5.41, 5.74) is 0. The summed E-state index contributed by atoms with van der Waals surface area (Å²) >= 11 is 0. The van der Waals surface area contributed by atoms with Crippen LogP contribution in [0.1, 0.15) is 78.6 Å². The highest BCUT2D eigenvalue weighted by Crippen LogP contribution is 2.33. The van der Waals surface area contributed by atoms with Gasteiger partial charge in [-0.25, -0.2) is 0 Å². The van der Waals surface area contributed by atoms with Crippen LogP contribution < -0.4 is 0 Å². The smallest absolute Gasteiger partial charge is 0.139 e. The van der Waals surface area contributed by atoms with Crippen LogP contribution in [0.5, 0.6) is 0 Å². The first-order valence-corrected chi connectivity index (χ1v) is 7.76. The van der Waals surface area contributed by atoms with Crippen LogP contribution in [0.4, 0.5) is 0 Å². The lowest BCUT2D eigenvalue weighted by Crippen LogP contribution is -2.27. The molecule has 0 bridgehead atoms. The lowest BCUT2D eigenvalue weighted by Gasteiger charge is -2.29. The number of rotatable bonds is 7. The number of carbonyl (C=O) groups excluding carboxylic acids is 1. The molecule has 0 atom stereocenters. The minimum atomic E-state index is 0.369. The minimum Gasteiger partial charge on any atom is -0.299 e. The maximum Gasteiger partial charge on any atom is 0.139 e. The van der Waals surface area contributed by atoms with Crippen molar-refractivity contribution in [2.45, 2.75) is 78.6 Å². The highest BCUT2D eigenvalue weighted by molar-refractivity contribution is 5.83. The number of hydrogen-bond donors (Lipinski definition) is 0. The van der Waals surface area contributed by atoms with Gasteiger partial charge in [0, 0.05) is 11.8 Å². The molecule has 0 saturated heterocycles. The van der Waals surface area contributed by atoms with Crippen molar-refractivity contribution in [3.8, 4) is 0 Å². The number of hydrogen-bond acceptors (Lipinski definition) is 1. The number of Topliss-reactive ketones (excluding diaryl/α,β-unsaturated/α-hetero) is 1. The highest BCUT2D eigenvalue weighted by atomic mass is 16.1. The molecule has 17 heavy (non-hydrogen) atoms. The summed E-state index contributed by atoms with van der Waals surface area (Å²) in [5.74, 6) is 2.27. The Morgan fingerprint density at radius 3 is 1.94 bits per heavy atom. The van der Waals surface area contributed by atoms with Gasteiger partial charge in [0.2, 0.25) is 0 Å². The molecule has 0 spiro atoms. The van der Waals surface area contributed by atoms with Crippen molar-refractivity contribution in [3.63, 3.8) is 0 Å². The monoisotopic (exact) mass is 238 g/mol. The van der Waals surface area contributed by atoms with E-state index >= 15 is 0 Å². The average Bonchev–Trinajstić information content (AvgIpc) is 2.38. The summed E-state index contributed by atoms with van der Waals surface area (Å²) in [6.45, 7) is 6.68. The first kappa shape index (κ1) is 14.7. The Balaban J connectivity index is 2.45. The van der Waals surface area contributed by atoms with E-state index in [0.29, 0.717) is 17.6 Å². The second-order valence-corrected chi connectivity index (χ2v) is 5.80. The van der Waals surface area contributed by atoms with Crippen molar-refractivity contribution in [1.82, 2.24) is 0 Å². The SMILES string of the molecule is CCCC(CCC)C(=O)C1CCC(CC)CC1. The van der Waals surface area contributed by atoms with Gasteiger partial charge in [-0.2, -0.15) is 0 Å². The van der Waals surface area contributed by atoms with Crippen LogP contribution in [-0.4, -0.2) is 5.78 Å². The molecule has 1 nitrogen and oxygen atoms in total. The second kappa shape index (κ2) is 7.89. The van der Waals surface area contributed by atoms with E-state index in [0.717, 1.165) is 31.6 Å². The van der Waals surface area contributed by atoms with E-state index in [1.54, 1.807) is 0 Å². The molecule has 0 aliphatic heterocycles. The molecule has 0 N–H and O–H groups in total. The minimum absolute atomic E-state index is 0.369. The highest BCUT2D eigenvalue weighted by Gasteiger charge is 2.29. The summed E-state index contributed by atoms with van der Waals surface area (Å²) in [4.78, 5) is 12.5. The average molecular weight is 238 g/mol. The van der Waals surface area contributed by atoms with E-state index in [4.69, 9.17) is 0 Å². The van der Waals surface area contributed by atoms with E-state index in [1.165, 1.54) is 32.1 Å². The predicted molar refractivity (Wildman–Crippen MR) is 74.1 cm³/mol. The van der Waals surface area contributed by atoms with Crippen LogP contribution in [0.15, 0.2) is 0 Å². The number of ketones is 1. The third-order valence-electron chi connectivity index (χ3n) is 4.50. The van der Waals surface area contributed by atoms with Crippen LogP contribution in [-0.2, 0) is 4.79 Å². The molecule has 0 unspecified atom stereocenters. The lowest BCUT2D eigenvalue weighted by molar-refractivity contribution is -0.128. The number of carbonyl (C=O) groups is 1. The molecular formula is C16H30O. The van der Waals surface area contributed by atoms with E-state index in [1.807, 2.05) is 0 Å². The van der Waals surface area contributed by atoms with Crippen LogP contribution in [0.25, 0.3) is 0 Å². The summed E-state index contributed by atoms with van der Waals surface area (Å²) in [6, 6.07) is 0. The molecule has 0 aromatic carbocycles. The lowest BCUT2D eigenvalue weighted by atomic mass is 9.75. The normalized spacial score (nSPS) is 25.2. The molecule has 1 heteroatoms. The van der Waals surface area contributed by atoms with Gasteiger partial charge in [0.25, 0.3) is 0 Å². The molecule has 1 aliphatic carbocycles. The molecule has 1 aliphatic rings. The molecule has 0 radical (unpaired) electrons. The van der Waals surface area contributed by atoms with Crippen molar-refractivity contribution < 1.29 is 4.79 Å². The predicted octanol–water partition coefficient (Wildman–Crippen LogP) is 4.99. The van der Waals surface area contributed by atoms with Gasteiger partial charge >= 0.3 is 0 Å². The molecule has 0 heterocycles. The largest absolute Gasteiger partial charge is 0.299 e. The van der Waals surface area contributed by atoms with Gasteiger partial charge in [-0.3, -0.25) is 4.79 Å². The van der Waals surface area contributed by atoms with E-state index in [2.05, 4.69) is 20.8 Å². The van der Waals surface area contributed by atoms with Gasteiger partial charge < -0.3 is 0 Å². The third kappa shape index (κ3) is 4.44. The van der Waals surface area contributed by atoms with Crippen molar-refractivity contribution in [2.75, 3.05) is 0 Å². The summed E-state index contributed by atoms with van der Waals surface area (Å²) in [6.07, 6.45) is 10.7. The van der Waals surface area contributed by atoms with Crippen molar-refractivity contribution in [1.29, 1.82) is 0 Å². The quantitative estimate of drug-likeness (QED) is 0.611. The Morgan fingerprint density at radius 2 is 1.53 bits per heavy atom. The molecule has 100 valence electrons. The van der Waals surface area contributed by atoms with Gasteiger partial charge in [-0.15, -0.1) is 0 Å². The third-order valence-corrected chi connectivity index (χ3v) is 4.50. The van der Waals surface area contributed by atoms with Crippen molar-refractivity contribution in [3.05, 3.63) is 0 Å². The van der Waals surface area contributed by atoms with Crippen LogP contribution >= 0.6 is 0 Å². The zero-order valence-electron chi connectivity index (χ0n) is 12.0. The Kier molecular flexibility index (Phi) is 6.84. The van der Waals surface area contributed by atoms with E-state index in [-0.39, 0.29) is 0 Å². The van der Waals surface area contributed by atoms with Gasteiger partial charge in [-0.05, 0) is 44.4 Å². The molecular weight excluding hydrogens is 208 g/mol. The zero-order chi connectivity index (χ0) is 12.7. The van der Waals surface area contributed by atoms with Crippen LogP contribution in [0, 0.1) is 17.8 Å². The standard InChI is InChI=1S/C16H30O/c1-4-7-14(8-5-2)16(17)15-11-9-13(6-3)10-12-15/h13-15H,4-12H2,1-3H3. The molecule has 0 amide bonds. The van der Waals surface area contributed by atoms with Crippen LogP contribution in [0.2, 0.25) is 0 Å². The topological polar surface area (TPSA) is 17.1 Å². The molecule has 1 saturated carbocycles. The van der Waals surface area contributed by atoms with Crippen LogP contribution in [0.3, 0.4) is 0 Å². The maximum absolute atomic E-state index is 12.5. The molecule has 1 rings (SSSR count). The van der Waals surface area contributed by atoms with Crippen molar-refractivity contribution >= 4 is 5.78 Å². The van der Waals surface area contributed by atoms with E-state index < -0.39 is 0 Å². The first-order valence-electron chi connectivity index (χ1n) is 7.76. The molecule has 0 aromatic rings. The van der Waals surface area contributed by atoms with Crippen molar-refractivity contribution in [2.24, 2.45) is 17.8 Å². The molecule has 0 aromatic heterocycles. The summed E-state index contributed by atoms with van der Waals surface area (Å²) in [5, 5.41) is 0. The Morgan fingerprint density at radius 1 is 1.00 bits per heavy atom. The fourth-order valence-corrected chi connectivity index (χ4v) is 3.31. The van der Waals surface area contributed by atoms with Gasteiger partial charge in [0.15, 0.2) is 0 Å². The van der Waals surface area contributed by atoms with Gasteiger partial charge in [0.1, 0.15) is 5.78 Å². The summed E-state index contributed by atoms with van der Waals surface area (Å²) < 4.78 is 0. The van der Waals surface area contributed by atoms with Gasteiger partial charge in [0.05, 0.1) is 0 Å². The fraction of sp³-hybridized carbons (Fsp3) is 0.938.